The highest BCUT2D eigenvalue weighted by molar-refractivity contribution is 9.10. The lowest BCUT2D eigenvalue weighted by atomic mass is 9.89. The molecule has 6 unspecified atom stereocenters. The van der Waals surface area contributed by atoms with Gasteiger partial charge < -0.3 is 89.0 Å². The Labute approximate surface area is 793 Å². The fourth-order valence-corrected chi connectivity index (χ4v) is 17.7. The van der Waals surface area contributed by atoms with Crippen molar-refractivity contribution < 1.29 is 71.1 Å². The van der Waals surface area contributed by atoms with E-state index in [2.05, 4.69) is 83.1 Å². The minimum absolute atomic E-state index is 0.0129. The van der Waals surface area contributed by atoms with Gasteiger partial charge in [-0.3, -0.25) is 14.0 Å². The summed E-state index contributed by atoms with van der Waals surface area (Å²) in [5, 5.41) is 72.8. The van der Waals surface area contributed by atoms with Crippen molar-refractivity contribution in [2.75, 3.05) is 129 Å². The Morgan fingerprint density at radius 1 is 0.390 bits per heavy atom. The van der Waals surface area contributed by atoms with Crippen molar-refractivity contribution in [3.63, 3.8) is 0 Å². The minimum Gasteiger partial charge on any atom is -0.497 e. The van der Waals surface area contributed by atoms with Crippen LogP contribution < -0.4 is 73.7 Å². The van der Waals surface area contributed by atoms with Gasteiger partial charge in [0.1, 0.15) is 34.5 Å². The number of piperidine rings is 3. The second kappa shape index (κ2) is 41.5. The van der Waals surface area contributed by atoms with Crippen LogP contribution in [0.1, 0.15) is 133 Å². The number of hydrogen-bond acceptors (Lipinski definition) is 30. The first-order chi connectivity index (χ1) is 65.1. The molecule has 3 fully saturated rings. The van der Waals surface area contributed by atoms with Gasteiger partial charge in [-0.25, -0.2) is 43.1 Å². The molecule has 15 aromatic rings. The lowest BCUT2D eigenvalue weighted by Crippen LogP contribution is -2.39. The van der Waals surface area contributed by atoms with Crippen LogP contribution in [0.4, 0.5) is 42.4 Å². The molecule has 3 aliphatic heterocycles. The van der Waals surface area contributed by atoms with Crippen molar-refractivity contribution in [3.8, 4) is 51.7 Å². The number of halogens is 4. The molecule has 12 heterocycles. The number of anilines is 5. The Bertz CT molecular complexity index is 6460. The molecule has 3 saturated heterocycles. The maximum Gasteiger partial charge on any atom is 0.226 e. The van der Waals surface area contributed by atoms with E-state index in [-0.39, 0.29) is 35.0 Å². The monoisotopic (exact) mass is 1930 g/mol. The quantitative estimate of drug-likeness (QED) is 0.0229. The molecule has 0 amide bonds. The van der Waals surface area contributed by atoms with Gasteiger partial charge >= 0.3 is 0 Å². The molecular formula is C96H118BrF3N24O12. The van der Waals surface area contributed by atoms with E-state index >= 15 is 0 Å². The first kappa shape index (κ1) is 97.2. The van der Waals surface area contributed by atoms with E-state index in [0.717, 1.165) is 83.8 Å². The molecule has 40 heteroatoms. The van der Waals surface area contributed by atoms with Gasteiger partial charge in [-0.15, -0.1) is 15.3 Å². The third-order valence-corrected chi connectivity index (χ3v) is 24.1. The number of hydrogen-bond donors (Lipinski definition) is 7. The molecule has 136 heavy (non-hydrogen) atoms. The smallest absolute Gasteiger partial charge is 0.226 e. The fraction of sp³-hybridized carbons (Fsp3) is 0.438. The van der Waals surface area contributed by atoms with E-state index in [1.165, 1.54) is 39.5 Å². The molecule has 6 aromatic carbocycles. The third kappa shape index (κ3) is 22.9. The van der Waals surface area contributed by atoms with Crippen molar-refractivity contribution in [2.24, 2.45) is 17.8 Å². The lowest BCUT2D eigenvalue weighted by molar-refractivity contribution is 0.0571. The highest BCUT2D eigenvalue weighted by atomic mass is 79.9. The first-order valence-electron chi connectivity index (χ1n) is 44.8. The van der Waals surface area contributed by atoms with E-state index in [1.807, 2.05) is 85.6 Å². The van der Waals surface area contributed by atoms with Crippen LogP contribution >= 0.6 is 15.9 Å². The SMILES string of the molecule is CC(C)(O)Cn1cc(Br)cn1.COc1ccc(CNc2nc3cc(OC)c(F)cc3c3nc(C4CC(C)CN(c5cnn(CC(C)(C)O)c5)C4)nn23)c(OC)c1.COc1ccc(CNc2nc3cc(OC)c(F)cc3c3nc(C4CC(C)CN(c5cnn(CC(C)(C)O)c5)C4)nn23)c(OC)c1.COc1ccc(CNc2nc3cc(OC)c(F)cc3c3nc(C4CNCC(C)C4)nn23)c(OC)c1. The number of aliphatic hydroxyl groups is 3. The van der Waals surface area contributed by atoms with Gasteiger partial charge in [0.05, 0.1) is 151 Å². The van der Waals surface area contributed by atoms with Crippen molar-refractivity contribution in [1.82, 2.24) is 93.4 Å². The van der Waals surface area contributed by atoms with Crippen LogP contribution in [0.5, 0.6) is 51.7 Å². The summed E-state index contributed by atoms with van der Waals surface area (Å²) in [5.74, 6) is 7.89. The molecule has 18 rings (SSSR count). The molecule has 6 atom stereocenters. The Kier molecular flexibility index (Phi) is 29.7. The maximum absolute atomic E-state index is 14.9. The van der Waals surface area contributed by atoms with Crippen LogP contribution in [0, 0.1) is 35.2 Å². The number of fused-ring (bicyclic) bond motifs is 9. The van der Waals surface area contributed by atoms with Crippen LogP contribution in [-0.2, 0) is 39.3 Å². The highest BCUT2D eigenvalue weighted by Crippen LogP contribution is 2.40. The summed E-state index contributed by atoms with van der Waals surface area (Å²) in [7, 11) is 14.0. The topological polar surface area (TPSA) is 381 Å². The molecule has 0 radical (unpaired) electrons. The minimum atomic E-state index is -0.869. The number of benzene rings is 6. The van der Waals surface area contributed by atoms with E-state index in [9.17, 15) is 28.5 Å². The molecule has 722 valence electrons. The summed E-state index contributed by atoms with van der Waals surface area (Å²) in [5.41, 5.74) is 5.42. The fourth-order valence-electron chi connectivity index (χ4n) is 17.4. The summed E-state index contributed by atoms with van der Waals surface area (Å²) in [6.45, 7) is 24.6. The van der Waals surface area contributed by atoms with Gasteiger partial charge in [-0.2, -0.15) is 28.8 Å². The van der Waals surface area contributed by atoms with Gasteiger partial charge in [-0.1, -0.05) is 20.8 Å². The van der Waals surface area contributed by atoms with Gasteiger partial charge in [-0.05, 0) is 156 Å². The summed E-state index contributed by atoms with van der Waals surface area (Å²) in [6, 6.07) is 25.8. The van der Waals surface area contributed by atoms with Crippen molar-refractivity contribution >= 4 is 94.8 Å². The number of ether oxygens (including phenoxy) is 9. The van der Waals surface area contributed by atoms with E-state index in [1.54, 1.807) is 136 Å². The molecule has 9 aromatic heterocycles. The largest absolute Gasteiger partial charge is 0.497 e. The lowest BCUT2D eigenvalue weighted by Gasteiger charge is -2.36. The predicted octanol–water partition coefficient (Wildman–Crippen LogP) is 14.5. The molecule has 7 N–H and O–H groups in total. The van der Waals surface area contributed by atoms with Crippen molar-refractivity contribution in [2.45, 2.75) is 155 Å². The van der Waals surface area contributed by atoms with Gasteiger partial charge in [0.15, 0.2) is 69.1 Å². The normalized spacial score (nSPS) is 17.0. The zero-order valence-electron chi connectivity index (χ0n) is 79.7. The zero-order chi connectivity index (χ0) is 96.8. The molecule has 0 aliphatic carbocycles. The summed E-state index contributed by atoms with van der Waals surface area (Å²) in [6.07, 6.45) is 13.9. The van der Waals surface area contributed by atoms with Gasteiger partial charge in [0, 0.05) is 158 Å². The van der Waals surface area contributed by atoms with Crippen LogP contribution in [-0.4, -0.2) is 223 Å². The predicted molar refractivity (Wildman–Crippen MR) is 515 cm³/mol. The average molecular weight is 1940 g/mol. The van der Waals surface area contributed by atoms with Crippen LogP contribution in [0.15, 0.2) is 133 Å². The standard InChI is InChI=1S/2C32H39FN8O4.C25H29FN6O3.C7H11BrN2O/c2*1-19-9-21(16-39(15-19)22-14-35-40(17-22)18-32(2,3)42)29-37-30-24-11-25(33)28(45-6)12-26(24)36-31(41(30)38-29)34-13-20-7-8-23(43-4)10-27(20)44-5;1-14-7-16(12-27-11-14)23-30-24-18-9-19(26)22(35-4)10-20(18)29-25(32(24)31-23)28-13-15-5-6-17(33-2)8-21(15)34-3;1-7(2,11)5-10-4-6(8)3-9-10/h2*7-8,10-12,14,17,19,21,42H,9,13,15-16,18H2,1-6H3,(H,34,36);5-6,8-10,14,16,27H,7,11-13H2,1-4H3,(H,28,29);3-4,11H,5H2,1-2H3. The molecule has 0 spiro atoms. The highest BCUT2D eigenvalue weighted by Gasteiger charge is 2.35. The van der Waals surface area contributed by atoms with Crippen LogP contribution in [0.2, 0.25) is 0 Å². The maximum atomic E-state index is 14.9. The van der Waals surface area contributed by atoms with E-state index in [0.29, 0.717) is 184 Å². The second-order valence-electron chi connectivity index (χ2n) is 36.7. The molecule has 3 aliphatic rings. The third-order valence-electron chi connectivity index (χ3n) is 23.7. The average Bonchev–Trinajstić information content (AvgIpc) is 1.59. The van der Waals surface area contributed by atoms with E-state index < -0.39 is 34.3 Å². The molecular weight excluding hydrogens is 1820 g/mol. The summed E-state index contributed by atoms with van der Waals surface area (Å²) < 4.78 is 104. The molecule has 0 bridgehead atoms. The number of nitrogens with zero attached hydrogens (tertiary/aromatic N) is 20. The number of rotatable bonds is 29. The molecule has 36 nitrogen and oxygen atoms in total. The van der Waals surface area contributed by atoms with Crippen molar-refractivity contribution in [1.29, 1.82) is 0 Å². The first-order valence-corrected chi connectivity index (χ1v) is 45.6. The Morgan fingerprint density at radius 2 is 0.713 bits per heavy atom. The Balaban J connectivity index is 0.000000147. The Hall–Kier alpha value is -13.3. The van der Waals surface area contributed by atoms with Gasteiger partial charge in [0.2, 0.25) is 17.8 Å². The summed E-state index contributed by atoms with van der Waals surface area (Å²) >= 11 is 3.27. The number of methoxy groups -OCH3 is 9. The zero-order valence-corrected chi connectivity index (χ0v) is 81.3. The second-order valence-corrected chi connectivity index (χ2v) is 37.6. The van der Waals surface area contributed by atoms with E-state index in [4.69, 9.17) is 87.8 Å². The number of aromatic nitrogens is 18. The number of nitrogens with one attached hydrogen (secondary N) is 4. The van der Waals surface area contributed by atoms with Crippen LogP contribution in [0.3, 0.4) is 0 Å². The van der Waals surface area contributed by atoms with Crippen molar-refractivity contribution in [3.05, 3.63) is 184 Å². The van der Waals surface area contributed by atoms with Crippen LogP contribution in [0.25, 0.3) is 49.7 Å². The molecule has 0 saturated carbocycles. The Morgan fingerprint density at radius 3 is 1.02 bits per heavy atom. The summed E-state index contributed by atoms with van der Waals surface area (Å²) in [4.78, 5) is 33.8. The van der Waals surface area contributed by atoms with Gasteiger partial charge in [0.25, 0.3) is 0 Å².